The van der Waals surface area contributed by atoms with E-state index in [0.717, 1.165) is 5.92 Å². The molecule has 0 bridgehead atoms. The Morgan fingerprint density at radius 3 is 2.65 bits per heavy atom. The lowest BCUT2D eigenvalue weighted by molar-refractivity contribution is 0.173. The molecule has 2 aliphatic carbocycles. The average molecular weight is 272 g/mol. The molecule has 20 heavy (non-hydrogen) atoms. The van der Waals surface area contributed by atoms with E-state index in [1.165, 1.54) is 62.6 Å². The minimum atomic E-state index is 0.181. The largest absolute Gasteiger partial charge is 0.323 e. The van der Waals surface area contributed by atoms with Gasteiger partial charge in [-0.1, -0.05) is 37.1 Å². The van der Waals surface area contributed by atoms with Gasteiger partial charge in [0.25, 0.3) is 0 Å². The molecule has 2 N–H and O–H groups in total. The van der Waals surface area contributed by atoms with E-state index >= 15 is 0 Å². The number of aryl methyl sites for hydroxylation is 1. The van der Waals surface area contributed by atoms with Gasteiger partial charge < -0.3 is 10.6 Å². The first-order valence-corrected chi connectivity index (χ1v) is 8.29. The van der Waals surface area contributed by atoms with Gasteiger partial charge in [0, 0.05) is 18.6 Å². The summed E-state index contributed by atoms with van der Waals surface area (Å²) < 4.78 is 0. The number of nitrogens with two attached hydrogens (primary N) is 1. The van der Waals surface area contributed by atoms with Gasteiger partial charge >= 0.3 is 0 Å². The fourth-order valence-corrected chi connectivity index (χ4v) is 4.21. The normalized spacial score (nSPS) is 27.6. The zero-order valence-corrected chi connectivity index (χ0v) is 12.7. The lowest BCUT2D eigenvalue weighted by Crippen LogP contribution is -2.42. The number of likely N-dealkylation sites (N-methyl/N-ethyl adjacent to an activating group) is 1. The van der Waals surface area contributed by atoms with Crippen molar-refractivity contribution in [3.63, 3.8) is 0 Å². The molecule has 0 spiro atoms. The van der Waals surface area contributed by atoms with E-state index < -0.39 is 0 Å². The summed E-state index contributed by atoms with van der Waals surface area (Å²) in [5.41, 5.74) is 9.48. The molecule has 1 fully saturated rings. The van der Waals surface area contributed by atoms with Gasteiger partial charge in [0.1, 0.15) is 0 Å². The molecular weight excluding hydrogens is 244 g/mol. The van der Waals surface area contributed by atoms with Crippen LogP contribution >= 0.6 is 0 Å². The van der Waals surface area contributed by atoms with Gasteiger partial charge in [-0.15, -0.1) is 0 Å². The third-order valence-electron chi connectivity index (χ3n) is 5.36. The Morgan fingerprint density at radius 1 is 1.10 bits per heavy atom. The molecule has 1 saturated carbocycles. The Bertz CT molecular complexity index is 437. The van der Waals surface area contributed by atoms with Crippen molar-refractivity contribution in [3.8, 4) is 0 Å². The van der Waals surface area contributed by atoms with Crippen molar-refractivity contribution in [2.75, 3.05) is 13.6 Å². The van der Waals surface area contributed by atoms with Gasteiger partial charge in [0.05, 0.1) is 0 Å². The van der Waals surface area contributed by atoms with Crippen LogP contribution < -0.4 is 5.73 Å². The monoisotopic (exact) mass is 272 g/mol. The molecule has 0 saturated heterocycles. The van der Waals surface area contributed by atoms with Gasteiger partial charge in [0.2, 0.25) is 0 Å². The van der Waals surface area contributed by atoms with Crippen LogP contribution in [0.5, 0.6) is 0 Å². The van der Waals surface area contributed by atoms with Crippen LogP contribution in [0, 0.1) is 5.92 Å². The van der Waals surface area contributed by atoms with Crippen LogP contribution in [0.3, 0.4) is 0 Å². The molecule has 0 radical (unpaired) electrons. The van der Waals surface area contributed by atoms with Crippen LogP contribution in [0.4, 0.5) is 0 Å². The summed E-state index contributed by atoms with van der Waals surface area (Å²) in [6.45, 7) is 1.24. The van der Waals surface area contributed by atoms with Gasteiger partial charge in [-0.05, 0) is 56.2 Å². The first kappa shape index (κ1) is 14.1. The molecule has 1 aromatic rings. The number of fused-ring (bicyclic) bond motifs is 1. The van der Waals surface area contributed by atoms with Crippen molar-refractivity contribution in [1.29, 1.82) is 0 Å². The predicted molar refractivity (Wildman–Crippen MR) is 84.7 cm³/mol. The molecule has 110 valence electrons. The minimum absolute atomic E-state index is 0.181. The Morgan fingerprint density at radius 2 is 1.85 bits per heavy atom. The van der Waals surface area contributed by atoms with Gasteiger partial charge in [0.15, 0.2) is 0 Å². The molecule has 0 aliphatic heterocycles. The predicted octanol–water partition coefficient (Wildman–Crippen LogP) is 3.51. The van der Waals surface area contributed by atoms with Crippen molar-refractivity contribution in [1.82, 2.24) is 4.90 Å². The first-order chi connectivity index (χ1) is 9.75. The molecule has 0 amide bonds. The highest BCUT2D eigenvalue weighted by molar-refractivity contribution is 5.32. The summed E-state index contributed by atoms with van der Waals surface area (Å²) >= 11 is 0. The summed E-state index contributed by atoms with van der Waals surface area (Å²) in [5, 5.41) is 0. The zero-order valence-electron chi connectivity index (χ0n) is 12.7. The van der Waals surface area contributed by atoms with E-state index in [2.05, 4.69) is 36.2 Å². The maximum absolute atomic E-state index is 6.62. The van der Waals surface area contributed by atoms with Crippen LogP contribution in [-0.2, 0) is 6.42 Å². The minimum Gasteiger partial charge on any atom is -0.323 e. The molecule has 2 unspecified atom stereocenters. The van der Waals surface area contributed by atoms with Gasteiger partial charge in [-0.2, -0.15) is 0 Å². The Labute approximate surface area is 123 Å². The third kappa shape index (κ3) is 2.91. The summed E-state index contributed by atoms with van der Waals surface area (Å²) in [7, 11) is 2.29. The average Bonchev–Trinajstić information content (AvgIpc) is 2.90. The molecule has 0 heterocycles. The van der Waals surface area contributed by atoms with E-state index in [-0.39, 0.29) is 6.04 Å². The number of nitrogens with zero attached hydrogens (tertiary/aromatic N) is 1. The highest BCUT2D eigenvalue weighted by Gasteiger charge is 2.29. The molecule has 0 aromatic heterocycles. The fraction of sp³-hybridized carbons (Fsp3) is 0.667. The Kier molecular flexibility index (Phi) is 4.42. The molecular formula is C18H28N2. The van der Waals surface area contributed by atoms with Crippen molar-refractivity contribution in [3.05, 3.63) is 35.4 Å². The highest BCUT2D eigenvalue weighted by Crippen LogP contribution is 2.32. The van der Waals surface area contributed by atoms with Gasteiger partial charge in [-0.25, -0.2) is 0 Å². The molecule has 2 atom stereocenters. The number of hydrogen-bond acceptors (Lipinski definition) is 2. The standard InChI is InChI=1S/C18H28N2/c1-20(13-14-7-2-3-8-14)17-12-6-10-15-9-4-5-11-16(15)18(17)19/h4-5,9,11,14,17-18H,2-3,6-8,10,12-13,19H2,1H3. The zero-order chi connectivity index (χ0) is 13.9. The van der Waals surface area contributed by atoms with Crippen LogP contribution in [0.15, 0.2) is 24.3 Å². The van der Waals surface area contributed by atoms with Crippen molar-refractivity contribution in [2.24, 2.45) is 11.7 Å². The van der Waals surface area contributed by atoms with E-state index in [9.17, 15) is 0 Å². The number of rotatable bonds is 3. The second-order valence-corrected chi connectivity index (χ2v) is 6.77. The number of hydrogen-bond donors (Lipinski definition) is 1. The highest BCUT2D eigenvalue weighted by atomic mass is 15.1. The molecule has 3 rings (SSSR count). The second kappa shape index (κ2) is 6.28. The summed E-state index contributed by atoms with van der Waals surface area (Å²) in [5.74, 6) is 0.908. The van der Waals surface area contributed by atoms with Crippen molar-refractivity contribution >= 4 is 0 Å². The van der Waals surface area contributed by atoms with Crippen LogP contribution in [0.1, 0.15) is 55.7 Å². The first-order valence-electron chi connectivity index (χ1n) is 8.29. The maximum Gasteiger partial charge on any atom is 0.0455 e. The lowest BCUT2D eigenvalue weighted by atomic mass is 9.95. The number of benzene rings is 1. The second-order valence-electron chi connectivity index (χ2n) is 6.77. The Balaban J connectivity index is 1.72. The van der Waals surface area contributed by atoms with E-state index in [4.69, 9.17) is 5.73 Å². The topological polar surface area (TPSA) is 29.3 Å². The smallest absolute Gasteiger partial charge is 0.0455 e. The van der Waals surface area contributed by atoms with Crippen molar-refractivity contribution in [2.45, 2.75) is 57.0 Å². The quantitative estimate of drug-likeness (QED) is 0.853. The van der Waals surface area contributed by atoms with E-state index in [0.29, 0.717) is 6.04 Å². The molecule has 2 aliphatic rings. The van der Waals surface area contributed by atoms with Gasteiger partial charge in [-0.3, -0.25) is 0 Å². The summed E-state index contributed by atoms with van der Waals surface area (Å²) in [6.07, 6.45) is 9.39. The lowest BCUT2D eigenvalue weighted by Gasteiger charge is -2.33. The third-order valence-corrected chi connectivity index (χ3v) is 5.36. The summed E-state index contributed by atoms with van der Waals surface area (Å²) in [4.78, 5) is 2.56. The SMILES string of the molecule is CN(CC1CCCC1)C1CCCc2ccccc2C1N. The molecule has 1 aromatic carbocycles. The molecule has 2 nitrogen and oxygen atoms in total. The van der Waals surface area contributed by atoms with Crippen LogP contribution in [0.2, 0.25) is 0 Å². The van der Waals surface area contributed by atoms with E-state index in [1.807, 2.05) is 0 Å². The fourth-order valence-electron chi connectivity index (χ4n) is 4.21. The van der Waals surface area contributed by atoms with Crippen LogP contribution in [-0.4, -0.2) is 24.5 Å². The molecule has 2 heteroatoms. The van der Waals surface area contributed by atoms with E-state index in [1.54, 1.807) is 0 Å². The maximum atomic E-state index is 6.62. The Hall–Kier alpha value is -0.860. The van der Waals surface area contributed by atoms with Crippen LogP contribution in [0.25, 0.3) is 0 Å². The summed E-state index contributed by atoms with van der Waals surface area (Å²) in [6, 6.07) is 9.47. The van der Waals surface area contributed by atoms with Crippen molar-refractivity contribution < 1.29 is 0 Å².